The number of sulfonamides is 1. The Morgan fingerprint density at radius 3 is 2.45 bits per heavy atom. The van der Waals surface area contributed by atoms with Crippen LogP contribution in [0.25, 0.3) is 0 Å². The summed E-state index contributed by atoms with van der Waals surface area (Å²) in [5.74, 6) is 0.157. The maximum absolute atomic E-state index is 11.8. The summed E-state index contributed by atoms with van der Waals surface area (Å²) >= 11 is 0. The van der Waals surface area contributed by atoms with Crippen LogP contribution in [0.3, 0.4) is 0 Å². The highest BCUT2D eigenvalue weighted by Crippen LogP contribution is 2.16. The molecule has 0 amide bonds. The molecule has 0 spiro atoms. The van der Waals surface area contributed by atoms with Crippen LogP contribution in [0.5, 0.6) is 0 Å². The van der Waals surface area contributed by atoms with E-state index in [1.807, 2.05) is 38.5 Å². The number of benzene rings is 1. The SMILES string of the molecule is CCCCS(=O)(=O)Nc1ccc(NCc2cnn(C)c2)cc1. The first-order valence-electron chi connectivity index (χ1n) is 7.30. The van der Waals surface area contributed by atoms with Gasteiger partial charge in [0.2, 0.25) is 10.0 Å². The molecular formula is C15H22N4O2S. The Hall–Kier alpha value is -2.02. The molecule has 22 heavy (non-hydrogen) atoms. The van der Waals surface area contributed by atoms with Crippen LogP contribution >= 0.6 is 0 Å². The fourth-order valence-electron chi connectivity index (χ4n) is 1.99. The fourth-order valence-corrected chi connectivity index (χ4v) is 3.25. The average Bonchev–Trinajstić information content (AvgIpc) is 2.90. The molecular weight excluding hydrogens is 300 g/mol. The maximum Gasteiger partial charge on any atom is 0.232 e. The van der Waals surface area contributed by atoms with Crippen molar-refractivity contribution in [2.75, 3.05) is 15.8 Å². The zero-order valence-electron chi connectivity index (χ0n) is 12.9. The van der Waals surface area contributed by atoms with Gasteiger partial charge in [-0.15, -0.1) is 0 Å². The Bertz CT molecular complexity index is 693. The van der Waals surface area contributed by atoms with Gasteiger partial charge >= 0.3 is 0 Å². The summed E-state index contributed by atoms with van der Waals surface area (Å²) in [7, 11) is -1.37. The average molecular weight is 322 g/mol. The summed E-state index contributed by atoms with van der Waals surface area (Å²) in [5.41, 5.74) is 2.61. The number of hydrogen-bond donors (Lipinski definition) is 2. The zero-order valence-corrected chi connectivity index (χ0v) is 13.7. The number of nitrogens with zero attached hydrogens (tertiary/aromatic N) is 2. The van der Waals surface area contributed by atoms with Crippen LogP contribution in [0.15, 0.2) is 36.7 Å². The number of nitrogens with one attached hydrogen (secondary N) is 2. The van der Waals surface area contributed by atoms with Crippen LogP contribution in [-0.4, -0.2) is 24.0 Å². The molecule has 120 valence electrons. The lowest BCUT2D eigenvalue weighted by Gasteiger charge is -2.09. The van der Waals surface area contributed by atoms with Crippen LogP contribution in [0.4, 0.5) is 11.4 Å². The minimum absolute atomic E-state index is 0.157. The van der Waals surface area contributed by atoms with Crippen molar-refractivity contribution < 1.29 is 8.42 Å². The molecule has 0 fully saturated rings. The molecule has 2 aromatic rings. The van der Waals surface area contributed by atoms with Gasteiger partial charge in [0.1, 0.15) is 0 Å². The normalized spacial score (nSPS) is 11.4. The van der Waals surface area contributed by atoms with Crippen molar-refractivity contribution in [2.45, 2.75) is 26.3 Å². The summed E-state index contributed by atoms with van der Waals surface area (Å²) in [6.07, 6.45) is 5.28. The molecule has 0 unspecified atom stereocenters. The Labute approximate surface area is 131 Å². The Balaban J connectivity index is 1.90. The molecule has 1 aromatic carbocycles. The molecule has 1 aromatic heterocycles. The van der Waals surface area contributed by atoms with Crippen LogP contribution in [-0.2, 0) is 23.6 Å². The van der Waals surface area contributed by atoms with E-state index in [4.69, 9.17) is 0 Å². The summed E-state index contributed by atoms with van der Waals surface area (Å²) in [4.78, 5) is 0. The van der Waals surface area contributed by atoms with E-state index in [2.05, 4.69) is 15.1 Å². The third-order valence-corrected chi connectivity index (χ3v) is 4.55. The second-order valence-electron chi connectivity index (χ2n) is 5.23. The fraction of sp³-hybridized carbons (Fsp3) is 0.400. The molecule has 0 radical (unpaired) electrons. The van der Waals surface area contributed by atoms with Crippen molar-refractivity contribution in [1.82, 2.24) is 9.78 Å². The third kappa shape index (κ3) is 5.07. The summed E-state index contributed by atoms with van der Waals surface area (Å²) in [5, 5.41) is 7.38. The van der Waals surface area contributed by atoms with Gasteiger partial charge in [0.05, 0.1) is 11.9 Å². The van der Waals surface area contributed by atoms with E-state index in [-0.39, 0.29) is 5.75 Å². The molecule has 2 rings (SSSR count). The monoisotopic (exact) mass is 322 g/mol. The topological polar surface area (TPSA) is 76.0 Å². The number of anilines is 2. The third-order valence-electron chi connectivity index (χ3n) is 3.18. The standard InChI is InChI=1S/C15H22N4O2S/c1-3-4-9-22(20,21)18-15-7-5-14(6-8-15)16-10-13-11-17-19(2)12-13/h5-8,11-12,16,18H,3-4,9-10H2,1-2H3. The predicted molar refractivity (Wildman–Crippen MR) is 89.3 cm³/mol. The molecule has 0 saturated carbocycles. The van der Waals surface area contributed by atoms with Crippen molar-refractivity contribution in [2.24, 2.45) is 7.05 Å². The van der Waals surface area contributed by atoms with E-state index < -0.39 is 10.0 Å². The van der Waals surface area contributed by atoms with Gasteiger partial charge in [-0.1, -0.05) is 13.3 Å². The minimum Gasteiger partial charge on any atom is -0.381 e. The van der Waals surface area contributed by atoms with Gasteiger partial charge in [0, 0.05) is 36.7 Å². The molecule has 7 heteroatoms. The van der Waals surface area contributed by atoms with Crippen LogP contribution in [0.1, 0.15) is 25.3 Å². The van der Waals surface area contributed by atoms with Gasteiger partial charge in [-0.25, -0.2) is 8.42 Å². The van der Waals surface area contributed by atoms with Gasteiger partial charge in [0.15, 0.2) is 0 Å². The second-order valence-corrected chi connectivity index (χ2v) is 7.07. The first kappa shape index (κ1) is 16.4. The molecule has 0 aliphatic rings. The number of hydrogen-bond acceptors (Lipinski definition) is 4. The van der Waals surface area contributed by atoms with Crippen LogP contribution in [0.2, 0.25) is 0 Å². The lowest BCUT2D eigenvalue weighted by molar-refractivity contribution is 0.598. The number of rotatable bonds is 8. The van der Waals surface area contributed by atoms with E-state index in [9.17, 15) is 8.42 Å². The van der Waals surface area contributed by atoms with Crippen molar-refractivity contribution in [3.8, 4) is 0 Å². The van der Waals surface area contributed by atoms with Crippen LogP contribution < -0.4 is 10.0 Å². The van der Waals surface area contributed by atoms with Gasteiger partial charge in [0.25, 0.3) is 0 Å². The van der Waals surface area contributed by atoms with Crippen LogP contribution in [0, 0.1) is 0 Å². The highest BCUT2D eigenvalue weighted by atomic mass is 32.2. The molecule has 0 saturated heterocycles. The quantitative estimate of drug-likeness (QED) is 0.783. The van der Waals surface area contributed by atoms with Crippen molar-refractivity contribution in [3.63, 3.8) is 0 Å². The molecule has 6 nitrogen and oxygen atoms in total. The van der Waals surface area contributed by atoms with Crippen molar-refractivity contribution >= 4 is 21.4 Å². The van der Waals surface area contributed by atoms with E-state index in [1.54, 1.807) is 16.8 Å². The maximum atomic E-state index is 11.8. The van der Waals surface area contributed by atoms with Gasteiger partial charge in [-0.2, -0.15) is 5.10 Å². The first-order valence-corrected chi connectivity index (χ1v) is 8.95. The van der Waals surface area contributed by atoms with Gasteiger partial charge in [-0.05, 0) is 30.7 Å². The second kappa shape index (κ2) is 7.31. The zero-order chi connectivity index (χ0) is 16.0. The molecule has 0 aliphatic carbocycles. The summed E-state index contributed by atoms with van der Waals surface area (Å²) < 4.78 is 28.0. The Morgan fingerprint density at radius 1 is 1.18 bits per heavy atom. The molecule has 2 N–H and O–H groups in total. The largest absolute Gasteiger partial charge is 0.381 e. The molecule has 1 heterocycles. The summed E-state index contributed by atoms with van der Waals surface area (Å²) in [6, 6.07) is 7.23. The van der Waals surface area contributed by atoms with Gasteiger partial charge < -0.3 is 5.32 Å². The predicted octanol–water partition coefficient (Wildman–Crippen LogP) is 2.57. The van der Waals surface area contributed by atoms with E-state index in [0.29, 0.717) is 18.7 Å². The van der Waals surface area contributed by atoms with Crippen molar-refractivity contribution in [1.29, 1.82) is 0 Å². The van der Waals surface area contributed by atoms with Crippen molar-refractivity contribution in [3.05, 3.63) is 42.2 Å². The Morgan fingerprint density at radius 2 is 1.86 bits per heavy atom. The van der Waals surface area contributed by atoms with Gasteiger partial charge in [-0.3, -0.25) is 9.40 Å². The Kier molecular flexibility index (Phi) is 5.43. The summed E-state index contributed by atoms with van der Waals surface area (Å²) in [6.45, 7) is 2.65. The highest BCUT2D eigenvalue weighted by molar-refractivity contribution is 7.92. The lowest BCUT2D eigenvalue weighted by atomic mass is 10.2. The molecule has 0 bridgehead atoms. The highest BCUT2D eigenvalue weighted by Gasteiger charge is 2.09. The van der Waals surface area contributed by atoms with E-state index in [0.717, 1.165) is 17.7 Å². The molecule has 0 aliphatic heterocycles. The lowest BCUT2D eigenvalue weighted by Crippen LogP contribution is -2.16. The molecule has 0 atom stereocenters. The minimum atomic E-state index is -3.24. The smallest absolute Gasteiger partial charge is 0.232 e. The first-order chi connectivity index (χ1) is 10.5. The number of aromatic nitrogens is 2. The number of unbranched alkanes of at least 4 members (excludes halogenated alkanes) is 1. The van der Waals surface area contributed by atoms with E-state index in [1.165, 1.54) is 0 Å². The van der Waals surface area contributed by atoms with E-state index >= 15 is 0 Å². The number of aryl methyl sites for hydroxylation is 1.